The normalized spacial score (nSPS) is 11.6. The Kier molecular flexibility index (Phi) is 5.01. The largest absolute Gasteiger partial charge is 0.455 e. The molecule has 0 radical (unpaired) electrons. The van der Waals surface area contributed by atoms with E-state index < -0.39 is 5.97 Å². The summed E-state index contributed by atoms with van der Waals surface area (Å²) in [6.45, 7) is 8.07. The molecule has 0 aromatic carbocycles. The van der Waals surface area contributed by atoms with Crippen LogP contribution in [0.3, 0.4) is 0 Å². The number of fused-ring (bicyclic) bond motifs is 1. The second kappa shape index (κ2) is 7.05. The summed E-state index contributed by atoms with van der Waals surface area (Å²) in [4.78, 5) is 17.3. The van der Waals surface area contributed by atoms with Crippen LogP contribution in [-0.2, 0) is 11.3 Å². The van der Waals surface area contributed by atoms with Gasteiger partial charge < -0.3 is 4.74 Å². The highest BCUT2D eigenvalue weighted by Gasteiger charge is 2.20. The second-order valence-electron chi connectivity index (χ2n) is 6.24. The number of hydrogen-bond donors (Lipinski definition) is 0. The summed E-state index contributed by atoms with van der Waals surface area (Å²) in [6, 6.07) is 1.90. The third-order valence-electron chi connectivity index (χ3n) is 3.74. The lowest BCUT2D eigenvalue weighted by molar-refractivity contribution is 0.0470. The number of aromatic nitrogens is 5. The van der Waals surface area contributed by atoms with Crippen molar-refractivity contribution in [2.45, 2.75) is 46.3 Å². The number of carbonyl (C=O) groups excluding carboxylic acids is 1. The topological polar surface area (TPSA) is 82.8 Å². The standard InChI is InChI=1S/C16H18ClN5O2S/c1-8(2)12-5-10(11-6-18-22(9(3)4)15(11)19-12)16(23)24-7-13-14(17)25-21-20-13/h5-6,8-9H,7H2,1-4H3. The quantitative estimate of drug-likeness (QED) is 0.623. The maximum Gasteiger partial charge on any atom is 0.339 e. The molecule has 7 nitrogen and oxygen atoms in total. The number of hydrogen-bond acceptors (Lipinski definition) is 7. The van der Waals surface area contributed by atoms with E-state index in [2.05, 4.69) is 19.7 Å². The van der Waals surface area contributed by atoms with Crippen molar-refractivity contribution >= 4 is 40.1 Å². The lowest BCUT2D eigenvalue weighted by Crippen LogP contribution is -2.10. The van der Waals surface area contributed by atoms with Crippen LogP contribution in [0.25, 0.3) is 11.0 Å². The van der Waals surface area contributed by atoms with E-state index in [1.165, 1.54) is 0 Å². The minimum absolute atomic E-state index is 0.0205. The average Bonchev–Trinajstić information content (AvgIpc) is 3.17. The summed E-state index contributed by atoms with van der Waals surface area (Å²) in [5.41, 5.74) is 2.39. The molecule has 0 aliphatic rings. The van der Waals surface area contributed by atoms with Crippen LogP contribution in [-0.4, -0.2) is 30.3 Å². The lowest BCUT2D eigenvalue weighted by atomic mass is 10.1. The highest BCUT2D eigenvalue weighted by molar-refractivity contribution is 7.10. The zero-order chi connectivity index (χ0) is 18.1. The van der Waals surface area contributed by atoms with E-state index in [-0.39, 0.29) is 18.6 Å². The van der Waals surface area contributed by atoms with Gasteiger partial charge in [-0.3, -0.25) is 0 Å². The first-order valence-electron chi connectivity index (χ1n) is 7.90. The lowest BCUT2D eigenvalue weighted by Gasteiger charge is -2.11. The summed E-state index contributed by atoms with van der Waals surface area (Å²) >= 11 is 7.01. The number of rotatable bonds is 5. The van der Waals surface area contributed by atoms with Crippen LogP contribution in [0, 0.1) is 0 Å². The molecule has 0 amide bonds. The van der Waals surface area contributed by atoms with Crippen molar-refractivity contribution in [1.29, 1.82) is 0 Å². The van der Waals surface area contributed by atoms with Crippen molar-refractivity contribution in [1.82, 2.24) is 24.4 Å². The molecule has 0 unspecified atom stereocenters. The van der Waals surface area contributed by atoms with E-state index in [1.807, 2.05) is 27.7 Å². The highest BCUT2D eigenvalue weighted by Crippen LogP contribution is 2.25. The monoisotopic (exact) mass is 379 g/mol. The van der Waals surface area contributed by atoms with Crippen LogP contribution in [0.1, 0.15) is 61.4 Å². The Morgan fingerprint density at radius 1 is 1.36 bits per heavy atom. The van der Waals surface area contributed by atoms with Crippen LogP contribution in [0.5, 0.6) is 0 Å². The van der Waals surface area contributed by atoms with Gasteiger partial charge in [0.05, 0.1) is 17.1 Å². The zero-order valence-corrected chi connectivity index (χ0v) is 15.9. The number of halogens is 1. The molecule has 0 N–H and O–H groups in total. The molecule has 0 aliphatic heterocycles. The van der Waals surface area contributed by atoms with Gasteiger partial charge in [0, 0.05) is 23.3 Å². The van der Waals surface area contributed by atoms with Gasteiger partial charge in [-0.05, 0) is 25.8 Å². The van der Waals surface area contributed by atoms with Crippen molar-refractivity contribution in [3.05, 3.63) is 33.6 Å². The third kappa shape index (κ3) is 3.50. The highest BCUT2D eigenvalue weighted by atomic mass is 35.5. The molecule has 132 valence electrons. The molecule has 0 fully saturated rings. The van der Waals surface area contributed by atoms with Gasteiger partial charge in [0.25, 0.3) is 0 Å². The fourth-order valence-electron chi connectivity index (χ4n) is 2.37. The van der Waals surface area contributed by atoms with Crippen molar-refractivity contribution < 1.29 is 9.53 Å². The zero-order valence-electron chi connectivity index (χ0n) is 14.4. The molecule has 3 heterocycles. The second-order valence-corrected chi connectivity index (χ2v) is 7.60. The van der Waals surface area contributed by atoms with Gasteiger partial charge in [0.15, 0.2) is 5.65 Å². The molecule has 9 heteroatoms. The van der Waals surface area contributed by atoms with E-state index in [1.54, 1.807) is 16.9 Å². The summed E-state index contributed by atoms with van der Waals surface area (Å²) in [5, 5.41) is 8.89. The van der Waals surface area contributed by atoms with Crippen molar-refractivity contribution in [2.75, 3.05) is 0 Å². The Balaban J connectivity index is 1.99. The summed E-state index contributed by atoms with van der Waals surface area (Å²) in [5.74, 6) is -0.287. The molecule has 0 saturated heterocycles. The first-order chi connectivity index (χ1) is 11.9. The maximum absolute atomic E-state index is 12.6. The molecular weight excluding hydrogens is 362 g/mol. The van der Waals surface area contributed by atoms with Gasteiger partial charge in [-0.1, -0.05) is 29.9 Å². The average molecular weight is 380 g/mol. The fraction of sp³-hybridized carbons (Fsp3) is 0.438. The summed E-state index contributed by atoms with van der Waals surface area (Å²) in [7, 11) is 0. The molecule has 0 saturated carbocycles. The Bertz CT molecular complexity index is 919. The van der Waals surface area contributed by atoms with Gasteiger partial charge >= 0.3 is 5.97 Å². The van der Waals surface area contributed by atoms with Gasteiger partial charge in [-0.2, -0.15) is 5.10 Å². The van der Waals surface area contributed by atoms with Gasteiger partial charge in [0.1, 0.15) is 16.6 Å². The molecular formula is C16H18ClN5O2S. The van der Waals surface area contributed by atoms with Crippen molar-refractivity contribution in [3.63, 3.8) is 0 Å². The SMILES string of the molecule is CC(C)c1cc(C(=O)OCc2nnsc2Cl)c2cnn(C(C)C)c2n1. The van der Waals surface area contributed by atoms with Crippen LogP contribution in [0.2, 0.25) is 4.34 Å². The minimum Gasteiger partial charge on any atom is -0.455 e. The number of carbonyl (C=O) groups is 1. The Hall–Kier alpha value is -2.06. The number of pyridine rings is 1. The summed E-state index contributed by atoms with van der Waals surface area (Å²) < 4.78 is 11.3. The van der Waals surface area contributed by atoms with Gasteiger partial charge in [-0.15, -0.1) is 5.10 Å². The number of ether oxygens (including phenoxy) is 1. The number of esters is 1. The van der Waals surface area contributed by atoms with Crippen LogP contribution in [0.4, 0.5) is 0 Å². The van der Waals surface area contributed by atoms with Crippen LogP contribution < -0.4 is 0 Å². The van der Waals surface area contributed by atoms with Gasteiger partial charge in [-0.25, -0.2) is 14.5 Å². The van der Waals surface area contributed by atoms with E-state index >= 15 is 0 Å². The first-order valence-corrected chi connectivity index (χ1v) is 9.05. The van der Waals surface area contributed by atoms with Crippen LogP contribution >= 0.6 is 23.1 Å². The molecule has 0 bridgehead atoms. The Morgan fingerprint density at radius 3 is 2.72 bits per heavy atom. The van der Waals surface area contributed by atoms with Crippen LogP contribution in [0.15, 0.2) is 12.3 Å². The molecule has 3 aromatic rings. The van der Waals surface area contributed by atoms with E-state index in [0.29, 0.717) is 26.6 Å². The van der Waals surface area contributed by atoms with Gasteiger partial charge in [0.2, 0.25) is 0 Å². The predicted octanol–water partition coefficient (Wildman–Crippen LogP) is 4.00. The smallest absolute Gasteiger partial charge is 0.339 e. The third-order valence-corrected chi connectivity index (χ3v) is 4.72. The maximum atomic E-state index is 12.6. The molecule has 0 aliphatic carbocycles. The fourth-order valence-corrected chi connectivity index (χ4v) is 2.98. The number of nitrogens with zero attached hydrogens (tertiary/aromatic N) is 5. The molecule has 3 aromatic heterocycles. The minimum atomic E-state index is -0.457. The van der Waals surface area contributed by atoms with E-state index in [0.717, 1.165) is 17.2 Å². The molecule has 3 rings (SSSR count). The Labute approximate surface area is 154 Å². The van der Waals surface area contributed by atoms with Crippen molar-refractivity contribution in [3.8, 4) is 0 Å². The molecule has 0 spiro atoms. The Morgan fingerprint density at radius 2 is 2.12 bits per heavy atom. The molecule has 0 atom stereocenters. The summed E-state index contributed by atoms with van der Waals surface area (Å²) in [6.07, 6.45) is 1.65. The first kappa shape index (κ1) is 17.8. The van der Waals surface area contributed by atoms with Crippen molar-refractivity contribution in [2.24, 2.45) is 0 Å². The van der Waals surface area contributed by atoms with E-state index in [9.17, 15) is 4.79 Å². The molecule has 25 heavy (non-hydrogen) atoms. The van der Waals surface area contributed by atoms with E-state index in [4.69, 9.17) is 16.3 Å². The predicted molar refractivity (Wildman–Crippen MR) is 96.0 cm³/mol.